The van der Waals surface area contributed by atoms with E-state index >= 15 is 0 Å². The number of carbonyl (C=O) groups excluding carboxylic acids is 1. The Labute approximate surface area is 113 Å². The Kier molecular flexibility index (Phi) is 4.02. The van der Waals surface area contributed by atoms with E-state index in [0.717, 1.165) is 6.07 Å². The molecule has 0 unspecified atom stereocenters. The Hall–Kier alpha value is -2.79. The first-order valence-corrected chi connectivity index (χ1v) is 5.55. The zero-order valence-corrected chi connectivity index (χ0v) is 10.5. The topological polar surface area (TPSA) is 92.9 Å². The highest BCUT2D eigenvalue weighted by Gasteiger charge is 2.11. The summed E-state index contributed by atoms with van der Waals surface area (Å²) in [7, 11) is 1.55. The fourth-order valence-corrected chi connectivity index (χ4v) is 1.40. The van der Waals surface area contributed by atoms with Gasteiger partial charge >= 0.3 is 0 Å². The van der Waals surface area contributed by atoms with Gasteiger partial charge in [0.15, 0.2) is 0 Å². The van der Waals surface area contributed by atoms with E-state index < -0.39 is 11.7 Å². The number of rotatable bonds is 2. The quantitative estimate of drug-likeness (QED) is 0.749. The number of aliphatic hydroxyl groups is 1. The summed E-state index contributed by atoms with van der Waals surface area (Å²) in [6.45, 7) is -0.361. The molecule has 102 valence electrons. The lowest BCUT2D eigenvalue weighted by Gasteiger charge is -2.02. The molecule has 0 spiro atoms. The highest BCUT2D eigenvalue weighted by molar-refractivity contribution is 6.03. The van der Waals surface area contributed by atoms with Crippen LogP contribution in [0, 0.1) is 17.7 Å². The van der Waals surface area contributed by atoms with E-state index in [0.29, 0.717) is 0 Å². The number of carbonyl (C=O) groups is 1. The van der Waals surface area contributed by atoms with Crippen LogP contribution in [-0.2, 0) is 7.05 Å². The zero-order valence-electron chi connectivity index (χ0n) is 10.5. The minimum absolute atomic E-state index is 0.0297. The molecule has 20 heavy (non-hydrogen) atoms. The lowest BCUT2D eigenvalue weighted by molar-refractivity contribution is 0.102. The van der Waals surface area contributed by atoms with Gasteiger partial charge < -0.3 is 5.11 Å². The summed E-state index contributed by atoms with van der Waals surface area (Å²) < 4.78 is 13.7. The van der Waals surface area contributed by atoms with Gasteiger partial charge in [-0.05, 0) is 23.4 Å². The molecule has 0 fully saturated rings. The number of amides is 1. The molecule has 2 N–H and O–H groups in total. The SMILES string of the molecule is Cn1nnc(NC(=O)c2ccc(C#CCO)c(F)c2)n1. The molecule has 0 aliphatic heterocycles. The van der Waals surface area contributed by atoms with Crippen LogP contribution in [0.15, 0.2) is 18.2 Å². The molecule has 1 aromatic heterocycles. The van der Waals surface area contributed by atoms with Crippen molar-refractivity contribution in [2.75, 3.05) is 11.9 Å². The Bertz CT molecular complexity index is 701. The number of nitrogens with zero attached hydrogens (tertiary/aromatic N) is 4. The second-order valence-electron chi connectivity index (χ2n) is 3.71. The van der Waals surface area contributed by atoms with Crippen LogP contribution in [-0.4, -0.2) is 37.8 Å². The largest absolute Gasteiger partial charge is 0.384 e. The molecule has 1 aromatic carbocycles. The summed E-state index contributed by atoms with van der Waals surface area (Å²) in [5.74, 6) is 3.59. The predicted molar refractivity (Wildman–Crippen MR) is 67.1 cm³/mol. The molecule has 0 atom stereocenters. The fraction of sp³-hybridized carbons (Fsp3) is 0.167. The molecule has 1 heterocycles. The lowest BCUT2D eigenvalue weighted by Crippen LogP contribution is -2.13. The van der Waals surface area contributed by atoms with Crippen molar-refractivity contribution in [1.29, 1.82) is 0 Å². The second-order valence-corrected chi connectivity index (χ2v) is 3.71. The number of hydrogen-bond donors (Lipinski definition) is 2. The third-order valence-electron chi connectivity index (χ3n) is 2.27. The number of aliphatic hydroxyl groups excluding tert-OH is 1. The van der Waals surface area contributed by atoms with E-state index in [-0.39, 0.29) is 23.7 Å². The smallest absolute Gasteiger partial charge is 0.270 e. The van der Waals surface area contributed by atoms with Crippen molar-refractivity contribution in [3.8, 4) is 11.8 Å². The van der Waals surface area contributed by atoms with Crippen LogP contribution in [0.2, 0.25) is 0 Å². The Morgan fingerprint density at radius 3 is 2.95 bits per heavy atom. The number of tetrazole rings is 1. The van der Waals surface area contributed by atoms with Crippen molar-refractivity contribution in [2.45, 2.75) is 0 Å². The molecular formula is C12H10FN5O2. The van der Waals surface area contributed by atoms with Gasteiger partial charge in [-0.2, -0.15) is 4.80 Å². The Morgan fingerprint density at radius 2 is 2.35 bits per heavy atom. The van der Waals surface area contributed by atoms with Crippen LogP contribution in [0.25, 0.3) is 0 Å². The third kappa shape index (κ3) is 3.15. The average Bonchev–Trinajstić information content (AvgIpc) is 2.82. The summed E-state index contributed by atoms with van der Waals surface area (Å²) in [5, 5.41) is 21.8. The maximum absolute atomic E-state index is 13.7. The normalized spacial score (nSPS) is 9.75. The number of nitrogens with one attached hydrogen (secondary N) is 1. The van der Waals surface area contributed by atoms with Crippen molar-refractivity contribution in [3.05, 3.63) is 35.1 Å². The number of hydrogen-bond acceptors (Lipinski definition) is 5. The van der Waals surface area contributed by atoms with Gasteiger partial charge in [-0.15, -0.1) is 5.10 Å². The fourth-order valence-electron chi connectivity index (χ4n) is 1.40. The van der Waals surface area contributed by atoms with Crippen LogP contribution in [0.3, 0.4) is 0 Å². The van der Waals surface area contributed by atoms with E-state index in [4.69, 9.17) is 5.11 Å². The number of aryl methyl sites for hydroxylation is 1. The molecule has 7 nitrogen and oxygen atoms in total. The molecule has 0 aliphatic carbocycles. The molecule has 1 amide bonds. The van der Waals surface area contributed by atoms with Gasteiger partial charge in [-0.3, -0.25) is 10.1 Å². The summed E-state index contributed by atoms with van der Waals surface area (Å²) in [6, 6.07) is 3.82. The lowest BCUT2D eigenvalue weighted by atomic mass is 10.1. The zero-order chi connectivity index (χ0) is 14.5. The standard InChI is InChI=1S/C12H10FN5O2/c1-18-16-12(15-17-18)14-11(20)9-5-4-8(3-2-6-19)10(13)7-9/h4-5,7,19H,6H2,1H3,(H,14,16,20). The summed E-state index contributed by atoms with van der Waals surface area (Å²) in [5.41, 5.74) is 0.206. The van der Waals surface area contributed by atoms with Crippen molar-refractivity contribution >= 4 is 11.9 Å². The Balaban J connectivity index is 2.16. The molecule has 0 saturated carbocycles. The van der Waals surface area contributed by atoms with E-state index in [1.807, 2.05) is 0 Å². The van der Waals surface area contributed by atoms with Gasteiger partial charge in [0.25, 0.3) is 11.9 Å². The first-order chi connectivity index (χ1) is 9.60. The third-order valence-corrected chi connectivity index (χ3v) is 2.27. The number of anilines is 1. The van der Waals surface area contributed by atoms with Gasteiger partial charge in [0, 0.05) is 5.56 Å². The van der Waals surface area contributed by atoms with Crippen molar-refractivity contribution < 1.29 is 14.3 Å². The molecule has 8 heteroatoms. The van der Waals surface area contributed by atoms with E-state index in [1.165, 1.54) is 16.9 Å². The van der Waals surface area contributed by atoms with E-state index in [9.17, 15) is 9.18 Å². The van der Waals surface area contributed by atoms with Gasteiger partial charge in [-0.25, -0.2) is 4.39 Å². The summed E-state index contributed by atoms with van der Waals surface area (Å²) in [6.07, 6.45) is 0. The highest BCUT2D eigenvalue weighted by Crippen LogP contribution is 2.10. The van der Waals surface area contributed by atoms with Gasteiger partial charge in [0.05, 0.1) is 12.6 Å². The maximum Gasteiger partial charge on any atom is 0.270 e. The highest BCUT2D eigenvalue weighted by atomic mass is 19.1. The summed E-state index contributed by atoms with van der Waals surface area (Å²) in [4.78, 5) is 13.0. The molecule has 0 saturated heterocycles. The number of halogens is 1. The minimum atomic E-state index is -0.647. The van der Waals surface area contributed by atoms with E-state index in [1.54, 1.807) is 7.05 Å². The maximum atomic E-state index is 13.7. The van der Waals surface area contributed by atoms with Crippen LogP contribution >= 0.6 is 0 Å². The molecule has 0 bridgehead atoms. The molecular weight excluding hydrogens is 265 g/mol. The van der Waals surface area contributed by atoms with Crippen molar-refractivity contribution in [3.63, 3.8) is 0 Å². The summed E-state index contributed by atoms with van der Waals surface area (Å²) >= 11 is 0. The van der Waals surface area contributed by atoms with Crippen LogP contribution in [0.4, 0.5) is 10.3 Å². The Morgan fingerprint density at radius 1 is 1.55 bits per heavy atom. The number of aromatic nitrogens is 4. The van der Waals surface area contributed by atoms with Crippen molar-refractivity contribution in [2.24, 2.45) is 7.05 Å². The van der Waals surface area contributed by atoms with E-state index in [2.05, 4.69) is 32.6 Å². The first kappa shape index (κ1) is 13.6. The van der Waals surface area contributed by atoms with Crippen LogP contribution in [0.5, 0.6) is 0 Å². The monoisotopic (exact) mass is 275 g/mol. The number of benzene rings is 1. The molecule has 2 rings (SSSR count). The van der Waals surface area contributed by atoms with Gasteiger partial charge in [0.2, 0.25) is 0 Å². The van der Waals surface area contributed by atoms with Gasteiger partial charge in [-0.1, -0.05) is 16.9 Å². The van der Waals surface area contributed by atoms with Crippen LogP contribution < -0.4 is 5.32 Å². The molecule has 0 aliphatic rings. The second kappa shape index (κ2) is 5.90. The minimum Gasteiger partial charge on any atom is -0.384 e. The molecule has 0 radical (unpaired) electrons. The predicted octanol–water partition coefficient (Wildman–Crippen LogP) is -0.0547. The average molecular weight is 275 g/mol. The first-order valence-electron chi connectivity index (χ1n) is 5.55. The van der Waals surface area contributed by atoms with Crippen molar-refractivity contribution in [1.82, 2.24) is 20.2 Å². The molecule has 2 aromatic rings. The van der Waals surface area contributed by atoms with Crippen LogP contribution in [0.1, 0.15) is 15.9 Å². The van der Waals surface area contributed by atoms with Gasteiger partial charge in [0.1, 0.15) is 12.4 Å².